The first kappa shape index (κ1) is 11.1. The number of hydrogen-bond donors (Lipinski definition) is 1. The Balaban J connectivity index is 2.22. The van der Waals surface area contributed by atoms with Gasteiger partial charge in [-0.1, -0.05) is 11.6 Å². The molecule has 6 heteroatoms. The summed E-state index contributed by atoms with van der Waals surface area (Å²) < 4.78 is 0. The summed E-state index contributed by atoms with van der Waals surface area (Å²) in [7, 11) is 0. The van der Waals surface area contributed by atoms with Crippen LogP contribution in [0, 0.1) is 16.0 Å². The average molecular weight is 242 g/mol. The summed E-state index contributed by atoms with van der Waals surface area (Å²) in [6, 6.07) is 2.99. The van der Waals surface area contributed by atoms with E-state index in [1.54, 1.807) is 0 Å². The zero-order chi connectivity index (χ0) is 11.7. The van der Waals surface area contributed by atoms with Crippen molar-refractivity contribution >= 4 is 23.1 Å². The zero-order valence-corrected chi connectivity index (χ0v) is 9.57. The fraction of sp³-hybridized carbons (Fsp3) is 0.500. The molecule has 5 nitrogen and oxygen atoms in total. The number of pyridine rings is 1. The van der Waals surface area contributed by atoms with Crippen LogP contribution in [0.4, 0.5) is 11.5 Å². The van der Waals surface area contributed by atoms with Gasteiger partial charge in [0, 0.05) is 12.1 Å². The SMILES string of the molecule is CC(Nc1nc(Cl)ccc1[N+](=O)[O-])C1CC1. The highest BCUT2D eigenvalue weighted by Crippen LogP contribution is 2.35. The highest BCUT2D eigenvalue weighted by molar-refractivity contribution is 6.29. The van der Waals surface area contributed by atoms with E-state index in [0.717, 1.165) is 0 Å². The minimum absolute atomic E-state index is 0.0306. The topological polar surface area (TPSA) is 68.1 Å². The maximum atomic E-state index is 10.8. The van der Waals surface area contributed by atoms with Crippen LogP contribution in [0.5, 0.6) is 0 Å². The average Bonchev–Trinajstić information content (AvgIpc) is 2.99. The van der Waals surface area contributed by atoms with Gasteiger partial charge in [-0.25, -0.2) is 4.98 Å². The highest BCUT2D eigenvalue weighted by atomic mass is 35.5. The molecule has 0 amide bonds. The minimum Gasteiger partial charge on any atom is -0.362 e. The second kappa shape index (κ2) is 4.25. The summed E-state index contributed by atoms with van der Waals surface area (Å²) >= 11 is 5.73. The van der Waals surface area contributed by atoms with Crippen molar-refractivity contribution in [2.24, 2.45) is 5.92 Å². The predicted molar refractivity (Wildman–Crippen MR) is 61.7 cm³/mol. The summed E-state index contributed by atoms with van der Waals surface area (Å²) in [5.41, 5.74) is -0.0306. The molecule has 0 bridgehead atoms. The van der Waals surface area contributed by atoms with Crippen LogP contribution in [-0.2, 0) is 0 Å². The third-order valence-corrected chi connectivity index (χ3v) is 2.94. The van der Waals surface area contributed by atoms with E-state index >= 15 is 0 Å². The van der Waals surface area contributed by atoms with E-state index in [9.17, 15) is 10.1 Å². The molecule has 0 aromatic carbocycles. The Labute approximate surface area is 98.0 Å². The minimum atomic E-state index is -0.453. The van der Waals surface area contributed by atoms with Crippen LogP contribution in [-0.4, -0.2) is 15.9 Å². The molecule has 1 atom stereocenters. The van der Waals surface area contributed by atoms with E-state index in [-0.39, 0.29) is 22.7 Å². The van der Waals surface area contributed by atoms with Crippen molar-refractivity contribution in [1.29, 1.82) is 0 Å². The lowest BCUT2D eigenvalue weighted by Gasteiger charge is -2.13. The Bertz CT molecular complexity index is 421. The van der Waals surface area contributed by atoms with Gasteiger partial charge in [0.1, 0.15) is 5.15 Å². The quantitative estimate of drug-likeness (QED) is 0.500. The second-order valence-corrected chi connectivity index (χ2v) is 4.42. The van der Waals surface area contributed by atoms with E-state index in [1.807, 2.05) is 6.92 Å². The van der Waals surface area contributed by atoms with Crippen molar-refractivity contribution < 1.29 is 4.92 Å². The molecule has 1 aliphatic carbocycles. The molecule has 0 saturated heterocycles. The van der Waals surface area contributed by atoms with Crippen molar-refractivity contribution in [2.45, 2.75) is 25.8 Å². The maximum Gasteiger partial charge on any atom is 0.311 e. The first-order chi connectivity index (χ1) is 7.58. The third kappa shape index (κ3) is 2.41. The largest absolute Gasteiger partial charge is 0.362 e. The van der Waals surface area contributed by atoms with Crippen LogP contribution in [0.15, 0.2) is 12.1 Å². The number of halogens is 1. The van der Waals surface area contributed by atoms with Gasteiger partial charge in [0.2, 0.25) is 5.82 Å². The maximum absolute atomic E-state index is 10.8. The summed E-state index contributed by atoms with van der Waals surface area (Å²) in [5.74, 6) is 0.859. The monoisotopic (exact) mass is 241 g/mol. The molecule has 16 heavy (non-hydrogen) atoms. The van der Waals surface area contributed by atoms with E-state index < -0.39 is 4.92 Å². The fourth-order valence-corrected chi connectivity index (χ4v) is 1.76. The van der Waals surface area contributed by atoms with Gasteiger partial charge in [-0.2, -0.15) is 0 Å². The van der Waals surface area contributed by atoms with E-state index in [2.05, 4.69) is 10.3 Å². The molecular formula is C10H12ClN3O2. The lowest BCUT2D eigenvalue weighted by Crippen LogP contribution is -2.19. The first-order valence-electron chi connectivity index (χ1n) is 5.15. The summed E-state index contributed by atoms with van der Waals surface area (Å²) in [5, 5.41) is 14.1. The third-order valence-electron chi connectivity index (χ3n) is 2.73. The van der Waals surface area contributed by atoms with Gasteiger partial charge in [-0.3, -0.25) is 10.1 Å². The van der Waals surface area contributed by atoms with Gasteiger partial charge in [0.15, 0.2) is 0 Å². The van der Waals surface area contributed by atoms with E-state index in [0.29, 0.717) is 5.92 Å². The van der Waals surface area contributed by atoms with Crippen molar-refractivity contribution in [1.82, 2.24) is 4.98 Å². The number of nitrogens with one attached hydrogen (secondary N) is 1. The van der Waals surface area contributed by atoms with E-state index in [4.69, 9.17) is 11.6 Å². The normalized spacial score (nSPS) is 16.9. The molecule has 1 fully saturated rings. The van der Waals surface area contributed by atoms with Crippen LogP contribution in [0.2, 0.25) is 5.15 Å². The molecule has 86 valence electrons. The molecule has 1 aromatic rings. The molecule has 1 aliphatic rings. The molecule has 1 saturated carbocycles. The highest BCUT2D eigenvalue weighted by Gasteiger charge is 2.29. The number of hydrogen-bond acceptors (Lipinski definition) is 4. The Morgan fingerprint density at radius 3 is 2.88 bits per heavy atom. The van der Waals surface area contributed by atoms with Gasteiger partial charge >= 0.3 is 5.69 Å². The second-order valence-electron chi connectivity index (χ2n) is 4.03. The Morgan fingerprint density at radius 1 is 1.62 bits per heavy atom. The molecule has 2 rings (SSSR count). The lowest BCUT2D eigenvalue weighted by molar-refractivity contribution is -0.384. The number of rotatable bonds is 4. The van der Waals surface area contributed by atoms with Gasteiger partial charge in [-0.05, 0) is 31.7 Å². The lowest BCUT2D eigenvalue weighted by atomic mass is 10.2. The zero-order valence-electron chi connectivity index (χ0n) is 8.81. The predicted octanol–water partition coefficient (Wildman–Crippen LogP) is 2.85. The van der Waals surface area contributed by atoms with Crippen molar-refractivity contribution in [3.05, 3.63) is 27.4 Å². The molecule has 1 heterocycles. The van der Waals surface area contributed by atoms with Crippen LogP contribution in [0.25, 0.3) is 0 Å². The molecule has 0 spiro atoms. The summed E-state index contributed by atoms with van der Waals surface area (Å²) in [6.45, 7) is 2.00. The van der Waals surface area contributed by atoms with Gasteiger partial charge in [0.05, 0.1) is 4.92 Å². The molecule has 0 radical (unpaired) electrons. The van der Waals surface area contributed by atoms with Crippen molar-refractivity contribution in [2.75, 3.05) is 5.32 Å². The molecule has 0 aliphatic heterocycles. The number of nitrogens with zero attached hydrogens (tertiary/aromatic N) is 2. The van der Waals surface area contributed by atoms with Crippen molar-refractivity contribution in [3.8, 4) is 0 Å². The number of aromatic nitrogens is 1. The van der Waals surface area contributed by atoms with Gasteiger partial charge in [0.25, 0.3) is 0 Å². The smallest absolute Gasteiger partial charge is 0.311 e. The van der Waals surface area contributed by atoms with Crippen LogP contribution >= 0.6 is 11.6 Å². The van der Waals surface area contributed by atoms with Gasteiger partial charge < -0.3 is 5.32 Å². The van der Waals surface area contributed by atoms with Crippen molar-refractivity contribution in [3.63, 3.8) is 0 Å². The molecule has 1 N–H and O–H groups in total. The Morgan fingerprint density at radius 2 is 2.31 bits per heavy atom. The number of nitro groups is 1. The van der Waals surface area contributed by atoms with Crippen LogP contribution in [0.1, 0.15) is 19.8 Å². The fourth-order valence-electron chi connectivity index (χ4n) is 1.61. The molecular weight excluding hydrogens is 230 g/mol. The summed E-state index contributed by atoms with van der Waals surface area (Å²) in [6.07, 6.45) is 2.34. The Kier molecular flexibility index (Phi) is 2.96. The summed E-state index contributed by atoms with van der Waals surface area (Å²) in [4.78, 5) is 14.3. The van der Waals surface area contributed by atoms with E-state index in [1.165, 1.54) is 25.0 Å². The van der Waals surface area contributed by atoms with Gasteiger partial charge in [-0.15, -0.1) is 0 Å². The first-order valence-corrected chi connectivity index (χ1v) is 5.53. The van der Waals surface area contributed by atoms with Crippen LogP contribution < -0.4 is 5.32 Å². The molecule has 1 aromatic heterocycles. The Hall–Kier alpha value is -1.36. The molecule has 1 unspecified atom stereocenters. The van der Waals surface area contributed by atoms with Crippen LogP contribution in [0.3, 0.4) is 0 Å². The number of anilines is 1. The standard InChI is InChI=1S/C10H12ClN3O2/c1-6(7-2-3-7)12-10-8(14(15)16)4-5-9(11)13-10/h4-7H,2-3H2,1H3,(H,12,13).